The Morgan fingerprint density at radius 2 is 1.75 bits per heavy atom. The highest BCUT2D eigenvalue weighted by Crippen LogP contribution is 2.27. The van der Waals surface area contributed by atoms with Crippen LogP contribution in [0.5, 0.6) is 0 Å². The van der Waals surface area contributed by atoms with Crippen molar-refractivity contribution in [1.29, 1.82) is 0 Å². The van der Waals surface area contributed by atoms with E-state index < -0.39 is 10.0 Å². The van der Waals surface area contributed by atoms with Crippen molar-refractivity contribution in [3.8, 4) is 11.1 Å². The molecule has 32 heavy (non-hydrogen) atoms. The molecular formula is C23H30N3O4S2+. The van der Waals surface area contributed by atoms with Crippen LogP contribution in [0.15, 0.2) is 53.4 Å². The molecule has 0 spiro atoms. The number of benzene rings is 2. The molecule has 2 aliphatic rings. The van der Waals surface area contributed by atoms with Crippen molar-refractivity contribution in [1.82, 2.24) is 9.62 Å². The van der Waals surface area contributed by atoms with E-state index in [1.807, 2.05) is 30.3 Å². The van der Waals surface area contributed by atoms with Crippen molar-refractivity contribution in [3.05, 3.63) is 54.1 Å². The predicted octanol–water partition coefficient (Wildman–Crippen LogP) is 0.736. The Bertz CT molecular complexity index is 1020. The largest absolute Gasteiger partial charge is 0.370 e. The number of hydrogen-bond acceptors (Lipinski definition) is 5. The van der Waals surface area contributed by atoms with E-state index in [1.54, 1.807) is 23.9 Å². The zero-order valence-corrected chi connectivity index (χ0v) is 19.7. The topological polar surface area (TPSA) is 80.1 Å². The van der Waals surface area contributed by atoms with Crippen LogP contribution in [0.2, 0.25) is 0 Å². The molecule has 0 atom stereocenters. The first kappa shape index (κ1) is 23.3. The van der Waals surface area contributed by atoms with Crippen LogP contribution >= 0.6 is 11.8 Å². The molecule has 2 aromatic rings. The van der Waals surface area contributed by atoms with Crippen LogP contribution in [0.1, 0.15) is 10.4 Å². The highest BCUT2D eigenvalue weighted by Gasteiger charge is 2.27. The van der Waals surface area contributed by atoms with E-state index in [-0.39, 0.29) is 10.8 Å². The van der Waals surface area contributed by atoms with Crippen LogP contribution in [-0.2, 0) is 14.8 Å². The number of thioether (sulfide) groups is 1. The van der Waals surface area contributed by atoms with Crippen LogP contribution in [0, 0.1) is 0 Å². The Labute approximate surface area is 194 Å². The van der Waals surface area contributed by atoms with Crippen LogP contribution < -0.4 is 10.2 Å². The van der Waals surface area contributed by atoms with Gasteiger partial charge in [0, 0.05) is 30.2 Å². The molecule has 0 saturated carbocycles. The Hall–Kier alpha value is -1.91. The van der Waals surface area contributed by atoms with E-state index >= 15 is 0 Å². The summed E-state index contributed by atoms with van der Waals surface area (Å²) < 4.78 is 33.6. The number of amides is 1. The summed E-state index contributed by atoms with van der Waals surface area (Å²) >= 11 is 1.76. The van der Waals surface area contributed by atoms with Gasteiger partial charge in [-0.3, -0.25) is 4.79 Å². The molecule has 2 fully saturated rings. The summed E-state index contributed by atoms with van der Waals surface area (Å²) in [5.41, 5.74) is 1.97. The molecule has 172 valence electrons. The number of rotatable bonds is 7. The number of carbonyl (C=O) groups excluding carboxylic acids is 1. The van der Waals surface area contributed by atoms with E-state index in [9.17, 15) is 13.2 Å². The smallest absolute Gasteiger partial charge is 0.251 e. The lowest BCUT2D eigenvalue weighted by Gasteiger charge is -2.26. The second-order valence-electron chi connectivity index (χ2n) is 8.00. The first-order chi connectivity index (χ1) is 15.5. The number of ether oxygens (including phenoxy) is 1. The molecule has 7 nitrogen and oxygen atoms in total. The Morgan fingerprint density at radius 1 is 1.03 bits per heavy atom. The van der Waals surface area contributed by atoms with Gasteiger partial charge in [0.2, 0.25) is 10.0 Å². The van der Waals surface area contributed by atoms with Gasteiger partial charge in [-0.1, -0.05) is 30.3 Å². The summed E-state index contributed by atoms with van der Waals surface area (Å²) in [5.74, 6) is 1.32. The van der Waals surface area contributed by atoms with Crippen molar-refractivity contribution in [3.63, 3.8) is 0 Å². The lowest BCUT2D eigenvalue weighted by atomic mass is 10.0. The second-order valence-corrected chi connectivity index (χ2v) is 11.2. The van der Waals surface area contributed by atoms with Crippen molar-refractivity contribution in [2.24, 2.45) is 0 Å². The molecule has 2 aliphatic heterocycles. The fourth-order valence-electron chi connectivity index (χ4n) is 3.98. The standard InChI is InChI=1S/C23H29N3O4S2/c27-23(24-6-7-25-8-12-30-13-9-25)21-16-20(19-4-2-1-3-5-19)17-22(18-21)32(28,29)26-10-14-31-15-11-26/h1-5,16-18H,6-15H2,(H,24,27)/p+1. The maximum atomic E-state index is 13.3. The Balaban J connectivity index is 1.58. The predicted molar refractivity (Wildman–Crippen MR) is 127 cm³/mol. The van der Waals surface area contributed by atoms with Gasteiger partial charge in [-0.2, -0.15) is 16.1 Å². The van der Waals surface area contributed by atoms with Gasteiger partial charge >= 0.3 is 0 Å². The number of carbonyl (C=O) groups is 1. The summed E-state index contributed by atoms with van der Waals surface area (Å²) in [4.78, 5) is 14.5. The lowest BCUT2D eigenvalue weighted by Crippen LogP contribution is -3.14. The number of nitrogens with one attached hydrogen (secondary N) is 2. The van der Waals surface area contributed by atoms with E-state index in [0.717, 1.165) is 55.5 Å². The molecule has 0 unspecified atom stereocenters. The van der Waals surface area contributed by atoms with Gasteiger partial charge in [0.1, 0.15) is 13.1 Å². The Kier molecular flexibility index (Phi) is 7.85. The first-order valence-corrected chi connectivity index (χ1v) is 13.6. The number of quaternary nitrogens is 1. The molecule has 2 heterocycles. The zero-order valence-electron chi connectivity index (χ0n) is 18.1. The molecule has 0 bridgehead atoms. The minimum Gasteiger partial charge on any atom is -0.370 e. The van der Waals surface area contributed by atoms with Gasteiger partial charge in [-0.25, -0.2) is 8.42 Å². The highest BCUT2D eigenvalue weighted by atomic mass is 32.2. The van der Waals surface area contributed by atoms with Crippen molar-refractivity contribution >= 4 is 27.7 Å². The molecule has 9 heteroatoms. The average molecular weight is 477 g/mol. The molecule has 2 N–H and O–H groups in total. The van der Waals surface area contributed by atoms with Gasteiger partial charge < -0.3 is 15.0 Å². The fraction of sp³-hybridized carbons (Fsp3) is 0.435. The molecule has 0 radical (unpaired) electrons. The number of morpholine rings is 1. The van der Waals surface area contributed by atoms with Gasteiger partial charge in [0.15, 0.2) is 0 Å². The van der Waals surface area contributed by atoms with E-state index in [0.29, 0.717) is 25.2 Å². The third kappa shape index (κ3) is 5.71. The molecule has 2 aromatic carbocycles. The van der Waals surface area contributed by atoms with Crippen molar-refractivity contribution < 1.29 is 22.8 Å². The summed E-state index contributed by atoms with van der Waals surface area (Å²) in [6, 6.07) is 14.5. The maximum absolute atomic E-state index is 13.3. The monoisotopic (exact) mass is 476 g/mol. The van der Waals surface area contributed by atoms with E-state index in [2.05, 4.69) is 5.32 Å². The molecule has 0 aromatic heterocycles. The number of sulfonamides is 1. The molecular weight excluding hydrogens is 446 g/mol. The van der Waals surface area contributed by atoms with Crippen molar-refractivity contribution in [2.75, 3.05) is 64.0 Å². The molecule has 1 amide bonds. The summed E-state index contributed by atoms with van der Waals surface area (Å²) in [6.45, 7) is 5.72. The third-order valence-corrected chi connectivity index (χ3v) is 8.67. The van der Waals surface area contributed by atoms with Crippen LogP contribution in [0.3, 0.4) is 0 Å². The second kappa shape index (κ2) is 10.8. The SMILES string of the molecule is O=C(NCC[NH+]1CCOCC1)c1cc(-c2ccccc2)cc(S(=O)(=O)N2CCSCC2)c1. The normalized spacial score (nSPS) is 18.4. The minimum absolute atomic E-state index is 0.176. The summed E-state index contributed by atoms with van der Waals surface area (Å²) in [5, 5.41) is 2.97. The van der Waals surface area contributed by atoms with Gasteiger partial charge in [0.05, 0.1) is 31.2 Å². The van der Waals surface area contributed by atoms with Crippen LogP contribution in [-0.4, -0.2) is 82.6 Å². The van der Waals surface area contributed by atoms with Gasteiger partial charge in [-0.15, -0.1) is 0 Å². The average Bonchev–Trinajstić information content (AvgIpc) is 2.85. The number of hydrogen-bond donors (Lipinski definition) is 2. The zero-order chi connectivity index (χ0) is 22.4. The molecule has 2 saturated heterocycles. The highest BCUT2D eigenvalue weighted by molar-refractivity contribution is 7.99. The Morgan fingerprint density at radius 3 is 2.47 bits per heavy atom. The first-order valence-electron chi connectivity index (χ1n) is 11.0. The van der Waals surface area contributed by atoms with Gasteiger partial charge in [-0.05, 0) is 29.3 Å². The summed E-state index contributed by atoms with van der Waals surface area (Å²) in [6.07, 6.45) is 0. The quantitative estimate of drug-likeness (QED) is 0.616. The fourth-order valence-corrected chi connectivity index (χ4v) is 6.62. The van der Waals surface area contributed by atoms with Crippen LogP contribution in [0.25, 0.3) is 11.1 Å². The van der Waals surface area contributed by atoms with Gasteiger partial charge in [0.25, 0.3) is 5.91 Å². The minimum atomic E-state index is -3.66. The van der Waals surface area contributed by atoms with Crippen molar-refractivity contribution in [2.45, 2.75) is 4.90 Å². The van der Waals surface area contributed by atoms with Crippen LogP contribution in [0.4, 0.5) is 0 Å². The lowest BCUT2D eigenvalue weighted by molar-refractivity contribution is -0.906. The van der Waals surface area contributed by atoms with E-state index in [4.69, 9.17) is 4.74 Å². The molecule has 0 aliphatic carbocycles. The van der Waals surface area contributed by atoms with E-state index in [1.165, 1.54) is 15.3 Å². The maximum Gasteiger partial charge on any atom is 0.251 e. The molecule has 4 rings (SSSR count). The summed E-state index contributed by atoms with van der Waals surface area (Å²) in [7, 11) is -3.66. The number of nitrogens with zero attached hydrogens (tertiary/aromatic N) is 1. The third-order valence-electron chi connectivity index (χ3n) is 5.85.